The van der Waals surface area contributed by atoms with Crippen molar-refractivity contribution in [3.8, 4) is 0 Å². The van der Waals surface area contributed by atoms with E-state index in [1.807, 2.05) is 12.3 Å². The van der Waals surface area contributed by atoms with Crippen LogP contribution in [0.2, 0.25) is 0 Å². The molecule has 0 aliphatic heterocycles. The summed E-state index contributed by atoms with van der Waals surface area (Å²) in [4.78, 5) is 0.340. The molecule has 1 aliphatic rings. The average Bonchev–Trinajstić information content (AvgIpc) is 3.18. The Hall–Kier alpha value is -0.560. The van der Waals surface area contributed by atoms with Crippen molar-refractivity contribution >= 4 is 21.8 Å². The van der Waals surface area contributed by atoms with Gasteiger partial charge in [-0.05, 0) is 43.2 Å². The van der Waals surface area contributed by atoms with E-state index in [1.54, 1.807) is 30.8 Å². The van der Waals surface area contributed by atoms with Gasteiger partial charge in [0.05, 0.1) is 4.90 Å². The minimum absolute atomic E-state index is 0.118. The van der Waals surface area contributed by atoms with Gasteiger partial charge in [-0.25, -0.2) is 13.1 Å². The molecule has 3 N–H and O–H groups in total. The largest absolute Gasteiger partial charge is 0.326 e. The molecule has 0 amide bonds. The Morgan fingerprint density at radius 3 is 2.63 bits per heavy atom. The molecule has 6 heteroatoms. The fraction of sp³-hybridized carbons (Fsp3) is 0.538. The number of aryl methyl sites for hydroxylation is 1. The highest BCUT2D eigenvalue weighted by molar-refractivity contribution is 8.00. The monoisotopic (exact) mass is 300 g/mol. The lowest BCUT2D eigenvalue weighted by molar-refractivity contribution is 0.579. The molecule has 2 rings (SSSR count). The zero-order valence-electron chi connectivity index (χ0n) is 11.3. The minimum Gasteiger partial charge on any atom is -0.326 e. The van der Waals surface area contributed by atoms with Crippen molar-refractivity contribution < 1.29 is 8.42 Å². The van der Waals surface area contributed by atoms with E-state index in [0.29, 0.717) is 18.0 Å². The lowest BCUT2D eigenvalue weighted by Gasteiger charge is -2.15. The summed E-state index contributed by atoms with van der Waals surface area (Å²) < 4.78 is 27.5. The van der Waals surface area contributed by atoms with Crippen LogP contribution in [-0.2, 0) is 16.6 Å². The molecule has 1 fully saturated rings. The van der Waals surface area contributed by atoms with Crippen LogP contribution >= 0.6 is 11.8 Å². The zero-order chi connectivity index (χ0) is 14.1. The van der Waals surface area contributed by atoms with Crippen molar-refractivity contribution in [2.75, 3.05) is 12.8 Å². The first kappa shape index (κ1) is 14.8. The van der Waals surface area contributed by atoms with E-state index in [0.717, 1.165) is 24.0 Å². The normalized spacial score (nSPS) is 17.4. The maximum absolute atomic E-state index is 12.4. The molecule has 106 valence electrons. The Balaban J connectivity index is 2.19. The van der Waals surface area contributed by atoms with Gasteiger partial charge in [0.1, 0.15) is 0 Å². The molecule has 0 spiro atoms. The first-order chi connectivity index (χ1) is 8.92. The second-order valence-corrected chi connectivity index (χ2v) is 8.03. The summed E-state index contributed by atoms with van der Waals surface area (Å²) in [6.07, 6.45) is 4.19. The molecule has 0 saturated heterocycles. The van der Waals surface area contributed by atoms with E-state index in [-0.39, 0.29) is 4.75 Å². The van der Waals surface area contributed by atoms with Gasteiger partial charge in [-0.15, -0.1) is 0 Å². The maximum Gasteiger partial charge on any atom is 0.240 e. The predicted molar refractivity (Wildman–Crippen MR) is 79.7 cm³/mol. The molecule has 1 aromatic rings. The molecule has 19 heavy (non-hydrogen) atoms. The molecule has 4 nitrogen and oxygen atoms in total. The topological polar surface area (TPSA) is 72.2 Å². The minimum atomic E-state index is -3.45. The van der Waals surface area contributed by atoms with Crippen molar-refractivity contribution in [2.45, 2.75) is 36.0 Å². The fourth-order valence-corrected chi connectivity index (χ4v) is 4.20. The van der Waals surface area contributed by atoms with Gasteiger partial charge in [0.15, 0.2) is 0 Å². The van der Waals surface area contributed by atoms with Gasteiger partial charge in [-0.2, -0.15) is 11.8 Å². The number of hydrogen-bond donors (Lipinski definition) is 2. The van der Waals surface area contributed by atoms with Crippen LogP contribution in [0.1, 0.15) is 24.0 Å². The van der Waals surface area contributed by atoms with E-state index in [9.17, 15) is 8.42 Å². The number of hydrogen-bond acceptors (Lipinski definition) is 4. The lowest BCUT2D eigenvalue weighted by Crippen LogP contribution is -2.32. The van der Waals surface area contributed by atoms with Gasteiger partial charge in [-0.1, -0.05) is 12.1 Å². The molecule has 0 unspecified atom stereocenters. The smallest absolute Gasteiger partial charge is 0.240 e. The van der Waals surface area contributed by atoms with Crippen molar-refractivity contribution in [3.05, 3.63) is 29.3 Å². The molecule has 0 bridgehead atoms. The molecule has 0 radical (unpaired) electrons. The number of sulfonamides is 1. The van der Waals surface area contributed by atoms with Crippen molar-refractivity contribution in [1.29, 1.82) is 0 Å². The number of benzene rings is 1. The third kappa shape index (κ3) is 3.31. The van der Waals surface area contributed by atoms with E-state index in [1.165, 1.54) is 0 Å². The third-order valence-electron chi connectivity index (χ3n) is 3.60. The Morgan fingerprint density at radius 2 is 2.11 bits per heavy atom. The van der Waals surface area contributed by atoms with E-state index in [4.69, 9.17) is 5.73 Å². The molecule has 0 heterocycles. The number of thioether (sulfide) groups is 1. The van der Waals surface area contributed by atoms with Crippen LogP contribution < -0.4 is 10.5 Å². The SMILES string of the molecule is CSC1(CNS(=O)(=O)c2cc(CN)ccc2C)CC1. The van der Waals surface area contributed by atoms with Crippen LogP contribution in [0.25, 0.3) is 0 Å². The van der Waals surface area contributed by atoms with Crippen LogP contribution in [-0.4, -0.2) is 26.0 Å². The van der Waals surface area contributed by atoms with Crippen LogP contribution in [0, 0.1) is 6.92 Å². The Bertz CT molecular complexity index is 566. The lowest BCUT2D eigenvalue weighted by atomic mass is 10.1. The van der Waals surface area contributed by atoms with Gasteiger partial charge in [0.25, 0.3) is 0 Å². The number of nitrogens with one attached hydrogen (secondary N) is 1. The summed E-state index contributed by atoms with van der Waals surface area (Å²) in [7, 11) is -3.45. The Labute approximate surface area is 119 Å². The molecular weight excluding hydrogens is 280 g/mol. The summed E-state index contributed by atoms with van der Waals surface area (Å²) in [5.41, 5.74) is 7.15. The van der Waals surface area contributed by atoms with Gasteiger partial charge < -0.3 is 5.73 Å². The Morgan fingerprint density at radius 1 is 1.42 bits per heavy atom. The van der Waals surface area contributed by atoms with Crippen molar-refractivity contribution in [3.63, 3.8) is 0 Å². The van der Waals surface area contributed by atoms with Gasteiger partial charge in [-0.3, -0.25) is 0 Å². The van der Waals surface area contributed by atoms with Crippen LogP contribution in [0.5, 0.6) is 0 Å². The molecule has 1 aliphatic carbocycles. The fourth-order valence-electron chi connectivity index (χ4n) is 1.96. The van der Waals surface area contributed by atoms with E-state index < -0.39 is 10.0 Å². The van der Waals surface area contributed by atoms with Crippen LogP contribution in [0.3, 0.4) is 0 Å². The van der Waals surface area contributed by atoms with Crippen LogP contribution in [0.4, 0.5) is 0 Å². The standard InChI is InChI=1S/C13H20N2O2S2/c1-10-3-4-11(8-14)7-12(10)19(16,17)15-9-13(18-2)5-6-13/h3-4,7,15H,5-6,8-9,14H2,1-2H3. The molecule has 1 aromatic carbocycles. The third-order valence-corrected chi connectivity index (χ3v) is 6.56. The maximum atomic E-state index is 12.4. The summed E-state index contributed by atoms with van der Waals surface area (Å²) >= 11 is 1.74. The van der Waals surface area contributed by atoms with Gasteiger partial charge >= 0.3 is 0 Å². The van der Waals surface area contributed by atoms with Gasteiger partial charge in [0.2, 0.25) is 10.0 Å². The highest BCUT2D eigenvalue weighted by atomic mass is 32.2. The first-order valence-corrected chi connectivity index (χ1v) is 8.98. The average molecular weight is 300 g/mol. The molecule has 1 saturated carbocycles. The number of nitrogens with two attached hydrogens (primary N) is 1. The highest BCUT2D eigenvalue weighted by Gasteiger charge is 2.42. The second kappa shape index (κ2) is 5.44. The molecule has 0 aromatic heterocycles. The molecular formula is C13H20N2O2S2. The number of rotatable bonds is 6. The summed E-state index contributed by atoms with van der Waals surface area (Å²) in [6, 6.07) is 5.33. The van der Waals surface area contributed by atoms with E-state index in [2.05, 4.69) is 4.72 Å². The quantitative estimate of drug-likeness (QED) is 0.837. The van der Waals surface area contributed by atoms with Crippen molar-refractivity contribution in [2.24, 2.45) is 5.73 Å². The second-order valence-electron chi connectivity index (χ2n) is 5.02. The summed E-state index contributed by atoms with van der Waals surface area (Å²) in [6.45, 7) is 2.65. The van der Waals surface area contributed by atoms with Crippen LogP contribution in [0.15, 0.2) is 23.1 Å². The Kier molecular flexibility index (Phi) is 4.25. The van der Waals surface area contributed by atoms with Crippen molar-refractivity contribution in [1.82, 2.24) is 4.72 Å². The first-order valence-electron chi connectivity index (χ1n) is 6.27. The summed E-state index contributed by atoms with van der Waals surface area (Å²) in [5, 5.41) is 0. The molecule has 0 atom stereocenters. The summed E-state index contributed by atoms with van der Waals surface area (Å²) in [5.74, 6) is 0. The highest BCUT2D eigenvalue weighted by Crippen LogP contribution is 2.46. The van der Waals surface area contributed by atoms with Gasteiger partial charge in [0, 0.05) is 17.8 Å². The van der Waals surface area contributed by atoms with E-state index >= 15 is 0 Å². The zero-order valence-corrected chi connectivity index (χ0v) is 12.9. The predicted octanol–water partition coefficient (Wildman–Crippen LogP) is 1.63.